The Labute approximate surface area is 95.0 Å². The summed E-state index contributed by atoms with van der Waals surface area (Å²) in [4.78, 5) is 10.4. The van der Waals surface area contributed by atoms with Crippen molar-refractivity contribution in [3.63, 3.8) is 0 Å². The smallest absolute Gasteiger partial charge is 0.303 e. The number of hydrogen-bond donors (Lipinski definition) is 1. The van der Waals surface area contributed by atoms with E-state index in [-0.39, 0.29) is 12.5 Å². The lowest BCUT2D eigenvalue weighted by Gasteiger charge is -2.04. The van der Waals surface area contributed by atoms with Gasteiger partial charge in [0.15, 0.2) is 0 Å². The highest BCUT2D eigenvalue weighted by Gasteiger charge is 2.18. The van der Waals surface area contributed by atoms with Crippen LogP contribution in [0, 0.1) is 0 Å². The van der Waals surface area contributed by atoms with Crippen LogP contribution >= 0.6 is 0 Å². The van der Waals surface area contributed by atoms with E-state index >= 15 is 0 Å². The normalized spacial score (nSPS) is 17.9. The van der Waals surface area contributed by atoms with Crippen LogP contribution in [0.1, 0.15) is 30.9 Å². The van der Waals surface area contributed by atoms with Crippen molar-refractivity contribution >= 4 is 5.97 Å². The molecule has 0 fully saturated rings. The van der Waals surface area contributed by atoms with E-state index in [0.717, 1.165) is 24.2 Å². The Morgan fingerprint density at radius 2 is 2.38 bits per heavy atom. The first-order valence-corrected chi connectivity index (χ1v) is 5.65. The van der Waals surface area contributed by atoms with Crippen LogP contribution in [0.15, 0.2) is 18.2 Å². The Balaban J connectivity index is 1.97. The van der Waals surface area contributed by atoms with Crippen LogP contribution in [0.2, 0.25) is 0 Å². The van der Waals surface area contributed by atoms with E-state index in [2.05, 4.69) is 19.1 Å². The summed E-state index contributed by atoms with van der Waals surface area (Å²) in [5, 5.41) is 8.56. The first-order chi connectivity index (χ1) is 7.65. The molecule has 2 rings (SSSR count). The fourth-order valence-corrected chi connectivity index (χ4v) is 2.04. The molecule has 1 heterocycles. The summed E-state index contributed by atoms with van der Waals surface area (Å²) in [6.45, 7) is 2.06. The van der Waals surface area contributed by atoms with Gasteiger partial charge >= 0.3 is 5.97 Å². The summed E-state index contributed by atoms with van der Waals surface area (Å²) >= 11 is 0. The summed E-state index contributed by atoms with van der Waals surface area (Å²) in [5.41, 5.74) is 2.42. The standard InChI is InChI=1S/C13H16O3/c1-9-7-11-6-5-10(8-12(11)16-9)3-2-4-13(14)15/h5-6,8-9H,2-4,7H2,1H3,(H,14,15). The van der Waals surface area contributed by atoms with Gasteiger partial charge in [0.05, 0.1) is 0 Å². The minimum Gasteiger partial charge on any atom is -0.490 e. The van der Waals surface area contributed by atoms with Crippen molar-refractivity contribution in [2.75, 3.05) is 0 Å². The van der Waals surface area contributed by atoms with Crippen LogP contribution in [-0.4, -0.2) is 17.2 Å². The first kappa shape index (κ1) is 11.0. The van der Waals surface area contributed by atoms with Crippen molar-refractivity contribution in [3.05, 3.63) is 29.3 Å². The number of rotatable bonds is 4. The number of ether oxygens (including phenoxy) is 1. The fraction of sp³-hybridized carbons (Fsp3) is 0.462. The van der Waals surface area contributed by atoms with Gasteiger partial charge in [-0.1, -0.05) is 12.1 Å². The third-order valence-electron chi connectivity index (χ3n) is 2.82. The van der Waals surface area contributed by atoms with E-state index in [1.165, 1.54) is 5.56 Å². The number of aryl methyl sites for hydroxylation is 1. The number of carbonyl (C=O) groups is 1. The molecule has 1 aliphatic heterocycles. The molecular weight excluding hydrogens is 204 g/mol. The van der Waals surface area contributed by atoms with Gasteiger partial charge in [-0.05, 0) is 37.0 Å². The van der Waals surface area contributed by atoms with E-state index in [1.807, 2.05) is 6.07 Å². The molecule has 0 aromatic heterocycles. The van der Waals surface area contributed by atoms with E-state index < -0.39 is 5.97 Å². The molecule has 1 aromatic carbocycles. The lowest BCUT2D eigenvalue weighted by molar-refractivity contribution is -0.137. The first-order valence-electron chi connectivity index (χ1n) is 5.65. The maximum absolute atomic E-state index is 10.4. The average Bonchev–Trinajstić information content (AvgIpc) is 2.56. The largest absolute Gasteiger partial charge is 0.490 e. The molecule has 16 heavy (non-hydrogen) atoms. The van der Waals surface area contributed by atoms with Gasteiger partial charge in [-0.3, -0.25) is 4.79 Å². The monoisotopic (exact) mass is 220 g/mol. The lowest BCUT2D eigenvalue weighted by Crippen LogP contribution is -2.05. The Morgan fingerprint density at radius 3 is 3.12 bits per heavy atom. The highest BCUT2D eigenvalue weighted by molar-refractivity contribution is 5.66. The maximum Gasteiger partial charge on any atom is 0.303 e. The molecule has 0 spiro atoms. The van der Waals surface area contributed by atoms with Gasteiger partial charge in [0, 0.05) is 12.8 Å². The third-order valence-corrected chi connectivity index (χ3v) is 2.82. The van der Waals surface area contributed by atoms with E-state index in [0.29, 0.717) is 6.42 Å². The van der Waals surface area contributed by atoms with Gasteiger partial charge in [-0.2, -0.15) is 0 Å². The molecule has 0 radical (unpaired) electrons. The zero-order valence-electron chi connectivity index (χ0n) is 9.40. The minimum absolute atomic E-state index is 0.231. The minimum atomic E-state index is -0.731. The van der Waals surface area contributed by atoms with Crippen LogP contribution in [0.4, 0.5) is 0 Å². The molecule has 0 amide bonds. The molecule has 0 saturated heterocycles. The Morgan fingerprint density at radius 1 is 1.56 bits per heavy atom. The number of carboxylic acid groups (broad SMARTS) is 1. The molecular formula is C13H16O3. The summed E-state index contributed by atoms with van der Waals surface area (Å²) in [6.07, 6.45) is 2.96. The molecule has 0 bridgehead atoms. The number of hydrogen-bond acceptors (Lipinski definition) is 2. The maximum atomic E-state index is 10.4. The predicted molar refractivity (Wildman–Crippen MR) is 60.8 cm³/mol. The molecule has 1 aromatic rings. The Kier molecular flexibility index (Phi) is 3.13. The summed E-state index contributed by atoms with van der Waals surface area (Å²) in [7, 11) is 0. The van der Waals surface area contributed by atoms with E-state index in [9.17, 15) is 4.79 Å². The molecule has 3 nitrogen and oxygen atoms in total. The van der Waals surface area contributed by atoms with Gasteiger partial charge in [0.1, 0.15) is 11.9 Å². The van der Waals surface area contributed by atoms with Crippen LogP contribution in [0.3, 0.4) is 0 Å². The van der Waals surface area contributed by atoms with Crippen LogP contribution in [0.25, 0.3) is 0 Å². The zero-order valence-corrected chi connectivity index (χ0v) is 9.40. The van der Waals surface area contributed by atoms with Crippen molar-refractivity contribution in [2.45, 2.75) is 38.7 Å². The second-order valence-electron chi connectivity index (χ2n) is 4.32. The zero-order chi connectivity index (χ0) is 11.5. The van der Waals surface area contributed by atoms with Gasteiger partial charge in [-0.15, -0.1) is 0 Å². The molecule has 86 valence electrons. The number of fused-ring (bicyclic) bond motifs is 1. The van der Waals surface area contributed by atoms with E-state index in [4.69, 9.17) is 9.84 Å². The quantitative estimate of drug-likeness (QED) is 0.847. The Hall–Kier alpha value is -1.51. The van der Waals surface area contributed by atoms with Gasteiger partial charge in [0.25, 0.3) is 0 Å². The van der Waals surface area contributed by atoms with Crippen molar-refractivity contribution in [1.29, 1.82) is 0 Å². The van der Waals surface area contributed by atoms with Gasteiger partial charge in [0.2, 0.25) is 0 Å². The highest BCUT2D eigenvalue weighted by Crippen LogP contribution is 2.29. The number of carboxylic acids is 1. The molecule has 1 N–H and O–H groups in total. The SMILES string of the molecule is CC1Cc2ccc(CCCC(=O)O)cc2O1. The van der Waals surface area contributed by atoms with Gasteiger partial charge in [-0.25, -0.2) is 0 Å². The van der Waals surface area contributed by atoms with Crippen molar-refractivity contribution in [3.8, 4) is 5.75 Å². The molecule has 3 heteroatoms. The number of aliphatic carboxylic acids is 1. The van der Waals surface area contributed by atoms with Gasteiger partial charge < -0.3 is 9.84 Å². The second kappa shape index (κ2) is 4.56. The summed E-state index contributed by atoms with van der Waals surface area (Å²) < 4.78 is 5.66. The molecule has 1 unspecified atom stereocenters. The Bertz CT molecular complexity index is 398. The lowest BCUT2D eigenvalue weighted by atomic mass is 10.0. The number of benzene rings is 1. The summed E-state index contributed by atoms with van der Waals surface area (Å²) in [6, 6.07) is 6.21. The molecule has 1 atom stereocenters. The predicted octanol–water partition coefficient (Wildman–Crippen LogP) is 2.42. The summed E-state index contributed by atoms with van der Waals surface area (Å²) in [5.74, 6) is 0.242. The van der Waals surface area contributed by atoms with Crippen molar-refractivity contribution in [1.82, 2.24) is 0 Å². The average molecular weight is 220 g/mol. The molecule has 0 aliphatic carbocycles. The third kappa shape index (κ3) is 2.54. The topological polar surface area (TPSA) is 46.5 Å². The van der Waals surface area contributed by atoms with Crippen molar-refractivity contribution in [2.24, 2.45) is 0 Å². The second-order valence-corrected chi connectivity index (χ2v) is 4.32. The van der Waals surface area contributed by atoms with Crippen LogP contribution in [-0.2, 0) is 17.6 Å². The molecule has 1 aliphatic rings. The van der Waals surface area contributed by atoms with Crippen molar-refractivity contribution < 1.29 is 14.6 Å². The van der Waals surface area contributed by atoms with E-state index in [1.54, 1.807) is 0 Å². The van der Waals surface area contributed by atoms with Crippen LogP contribution < -0.4 is 4.74 Å². The van der Waals surface area contributed by atoms with Crippen LogP contribution in [0.5, 0.6) is 5.75 Å². The fourth-order valence-electron chi connectivity index (χ4n) is 2.04. The highest BCUT2D eigenvalue weighted by atomic mass is 16.5. The molecule has 0 saturated carbocycles.